The third-order valence-electron chi connectivity index (χ3n) is 2.93. The van der Waals surface area contributed by atoms with E-state index in [0.29, 0.717) is 10.0 Å². The van der Waals surface area contributed by atoms with Gasteiger partial charge in [-0.3, -0.25) is 4.79 Å². The minimum Gasteiger partial charge on any atom is -0.478 e. The topological polar surface area (TPSA) is 101 Å². The van der Waals surface area contributed by atoms with E-state index in [4.69, 9.17) is 5.11 Å². The van der Waals surface area contributed by atoms with E-state index in [1.54, 1.807) is 6.92 Å². The fourth-order valence-corrected chi connectivity index (χ4v) is 3.81. The van der Waals surface area contributed by atoms with Crippen molar-refractivity contribution in [2.75, 3.05) is 7.05 Å². The summed E-state index contributed by atoms with van der Waals surface area (Å²) in [6.45, 7) is 2.80. The average molecular weight is 364 g/mol. The van der Waals surface area contributed by atoms with Gasteiger partial charge < -0.3 is 10.4 Å². The minimum atomic E-state index is -3.96. The summed E-state index contributed by atoms with van der Waals surface area (Å²) in [5.74, 6) is -1.89. The lowest BCUT2D eigenvalue weighted by atomic mass is 10.1. The van der Waals surface area contributed by atoms with Gasteiger partial charge >= 0.3 is 5.97 Å². The van der Waals surface area contributed by atoms with Crippen LogP contribution < -0.4 is 5.32 Å². The average Bonchev–Trinajstić information content (AvgIpc) is 2.39. The van der Waals surface area contributed by atoms with Crippen LogP contribution in [-0.2, 0) is 14.6 Å². The third kappa shape index (κ3) is 3.01. The van der Waals surface area contributed by atoms with Crippen molar-refractivity contribution >= 4 is 37.6 Å². The molecule has 0 aromatic heterocycles. The van der Waals surface area contributed by atoms with E-state index in [-0.39, 0.29) is 10.5 Å². The first-order valence-corrected chi connectivity index (χ1v) is 7.95. The molecule has 0 aliphatic carbocycles. The SMILES string of the molecule is CNC(=O)C(C)S(=O)(=O)c1cc(C(=O)O)cc(Br)c1C. The van der Waals surface area contributed by atoms with E-state index < -0.39 is 27.0 Å². The lowest BCUT2D eigenvalue weighted by Gasteiger charge is -2.15. The summed E-state index contributed by atoms with van der Waals surface area (Å²) in [4.78, 5) is 22.4. The molecule has 0 saturated heterocycles. The van der Waals surface area contributed by atoms with Crippen LogP contribution >= 0.6 is 15.9 Å². The standard InChI is InChI=1S/C12H14BrNO5S/c1-6-9(13)4-8(12(16)17)5-10(6)20(18,19)7(2)11(15)14-3/h4-5,7H,1-3H3,(H,14,15)(H,16,17). The van der Waals surface area contributed by atoms with Crippen LogP contribution in [0.25, 0.3) is 0 Å². The van der Waals surface area contributed by atoms with Gasteiger partial charge in [0.25, 0.3) is 0 Å². The normalized spacial score (nSPS) is 12.8. The zero-order chi connectivity index (χ0) is 15.7. The number of carboxylic acids is 1. The van der Waals surface area contributed by atoms with Crippen molar-refractivity contribution in [3.8, 4) is 0 Å². The Kier molecular flexibility index (Phi) is 4.93. The lowest BCUT2D eigenvalue weighted by molar-refractivity contribution is -0.119. The summed E-state index contributed by atoms with van der Waals surface area (Å²) < 4.78 is 25.2. The molecule has 8 heteroatoms. The third-order valence-corrected chi connectivity index (χ3v) is 5.94. The Hall–Kier alpha value is -1.41. The van der Waals surface area contributed by atoms with E-state index >= 15 is 0 Å². The molecule has 0 aliphatic rings. The van der Waals surface area contributed by atoms with Crippen LogP contribution in [0.2, 0.25) is 0 Å². The largest absolute Gasteiger partial charge is 0.478 e. The molecule has 0 heterocycles. The number of rotatable bonds is 4. The molecule has 0 saturated carbocycles. The van der Waals surface area contributed by atoms with Crippen LogP contribution in [0.5, 0.6) is 0 Å². The van der Waals surface area contributed by atoms with Gasteiger partial charge in [0.1, 0.15) is 5.25 Å². The zero-order valence-corrected chi connectivity index (χ0v) is 13.5. The highest BCUT2D eigenvalue weighted by molar-refractivity contribution is 9.10. The van der Waals surface area contributed by atoms with Gasteiger partial charge in [0.15, 0.2) is 9.84 Å². The molecule has 1 aromatic rings. The second-order valence-electron chi connectivity index (χ2n) is 4.19. The van der Waals surface area contributed by atoms with Crippen molar-refractivity contribution in [2.24, 2.45) is 0 Å². The number of amides is 1. The summed E-state index contributed by atoms with van der Waals surface area (Å²) in [6, 6.07) is 2.39. The van der Waals surface area contributed by atoms with Gasteiger partial charge in [-0.1, -0.05) is 15.9 Å². The van der Waals surface area contributed by atoms with Crippen molar-refractivity contribution in [3.05, 3.63) is 27.7 Å². The Morgan fingerprint density at radius 1 is 1.35 bits per heavy atom. The van der Waals surface area contributed by atoms with E-state index in [1.807, 2.05) is 0 Å². The zero-order valence-electron chi connectivity index (χ0n) is 11.1. The van der Waals surface area contributed by atoms with Crippen LogP contribution in [0.3, 0.4) is 0 Å². The van der Waals surface area contributed by atoms with Gasteiger partial charge in [0.05, 0.1) is 10.5 Å². The molecule has 1 rings (SSSR count). The highest BCUT2D eigenvalue weighted by atomic mass is 79.9. The van der Waals surface area contributed by atoms with Crippen LogP contribution in [0.15, 0.2) is 21.5 Å². The second kappa shape index (κ2) is 5.92. The van der Waals surface area contributed by atoms with Crippen LogP contribution in [0, 0.1) is 6.92 Å². The van der Waals surface area contributed by atoms with Crippen LogP contribution in [0.1, 0.15) is 22.8 Å². The van der Waals surface area contributed by atoms with Gasteiger partial charge in [-0.05, 0) is 31.5 Å². The maximum absolute atomic E-state index is 12.4. The summed E-state index contributed by atoms with van der Waals surface area (Å²) >= 11 is 3.13. The molecular weight excluding hydrogens is 350 g/mol. The summed E-state index contributed by atoms with van der Waals surface area (Å²) in [5, 5.41) is 9.95. The quantitative estimate of drug-likeness (QED) is 0.840. The predicted molar refractivity (Wildman–Crippen MR) is 76.6 cm³/mol. The number of carboxylic acid groups (broad SMARTS) is 1. The number of carbonyl (C=O) groups is 2. The smallest absolute Gasteiger partial charge is 0.335 e. The number of sulfone groups is 1. The lowest BCUT2D eigenvalue weighted by Crippen LogP contribution is -2.36. The molecule has 0 radical (unpaired) electrons. The van der Waals surface area contributed by atoms with E-state index in [9.17, 15) is 18.0 Å². The van der Waals surface area contributed by atoms with Gasteiger partial charge in [0, 0.05) is 11.5 Å². The maximum Gasteiger partial charge on any atom is 0.335 e. The maximum atomic E-state index is 12.4. The molecule has 0 spiro atoms. The van der Waals surface area contributed by atoms with Gasteiger partial charge in [-0.15, -0.1) is 0 Å². The van der Waals surface area contributed by atoms with Gasteiger partial charge in [-0.25, -0.2) is 13.2 Å². The Morgan fingerprint density at radius 2 is 1.90 bits per heavy atom. The molecule has 1 unspecified atom stereocenters. The van der Waals surface area contributed by atoms with Crippen molar-refractivity contribution < 1.29 is 23.1 Å². The monoisotopic (exact) mass is 363 g/mol. The van der Waals surface area contributed by atoms with Crippen molar-refractivity contribution in [3.63, 3.8) is 0 Å². The molecule has 0 bridgehead atoms. The van der Waals surface area contributed by atoms with Crippen molar-refractivity contribution in [1.29, 1.82) is 0 Å². The molecular formula is C12H14BrNO5S. The van der Waals surface area contributed by atoms with E-state index in [0.717, 1.165) is 6.07 Å². The van der Waals surface area contributed by atoms with Gasteiger partial charge in [0.2, 0.25) is 5.91 Å². The molecule has 110 valence electrons. The predicted octanol–water partition coefficient (Wildman–Crippen LogP) is 1.36. The van der Waals surface area contributed by atoms with Crippen LogP contribution in [0.4, 0.5) is 0 Å². The molecule has 1 atom stereocenters. The second-order valence-corrected chi connectivity index (χ2v) is 7.28. The number of hydrogen-bond acceptors (Lipinski definition) is 4. The first kappa shape index (κ1) is 16.6. The highest BCUT2D eigenvalue weighted by Gasteiger charge is 2.31. The molecule has 6 nitrogen and oxygen atoms in total. The number of aromatic carboxylic acids is 1. The highest BCUT2D eigenvalue weighted by Crippen LogP contribution is 2.28. The summed E-state index contributed by atoms with van der Waals surface area (Å²) in [6.07, 6.45) is 0. The summed E-state index contributed by atoms with van der Waals surface area (Å²) in [7, 11) is -2.63. The number of hydrogen-bond donors (Lipinski definition) is 2. The molecule has 2 N–H and O–H groups in total. The minimum absolute atomic E-state index is 0.162. The molecule has 0 aliphatic heterocycles. The Labute approximate surface area is 125 Å². The van der Waals surface area contributed by atoms with Crippen molar-refractivity contribution in [1.82, 2.24) is 5.32 Å². The fourth-order valence-electron chi connectivity index (χ4n) is 1.61. The van der Waals surface area contributed by atoms with E-state index in [1.165, 1.54) is 20.0 Å². The molecule has 1 aromatic carbocycles. The first-order valence-electron chi connectivity index (χ1n) is 5.61. The van der Waals surface area contributed by atoms with E-state index in [2.05, 4.69) is 21.2 Å². The fraction of sp³-hybridized carbons (Fsp3) is 0.333. The van der Waals surface area contributed by atoms with Crippen LogP contribution in [-0.4, -0.2) is 37.7 Å². The molecule has 20 heavy (non-hydrogen) atoms. The number of benzene rings is 1. The first-order chi connectivity index (χ1) is 9.12. The number of carbonyl (C=O) groups excluding carboxylic acids is 1. The Balaban J connectivity index is 3.53. The Bertz CT molecular complexity index is 669. The number of halogens is 1. The summed E-state index contributed by atoms with van der Waals surface area (Å²) in [5.41, 5.74) is 0.205. The molecule has 1 amide bonds. The van der Waals surface area contributed by atoms with Gasteiger partial charge in [-0.2, -0.15) is 0 Å². The Morgan fingerprint density at radius 3 is 2.35 bits per heavy atom. The molecule has 0 fully saturated rings. The number of nitrogens with one attached hydrogen (secondary N) is 1. The van der Waals surface area contributed by atoms with Crippen molar-refractivity contribution in [2.45, 2.75) is 24.0 Å².